The smallest absolute Gasteiger partial charge is 0.476 e. The van der Waals surface area contributed by atoms with Crippen molar-refractivity contribution in [3.05, 3.63) is 12.1 Å². The van der Waals surface area contributed by atoms with Gasteiger partial charge in [-0.2, -0.15) is 0 Å². The van der Waals surface area contributed by atoms with E-state index in [2.05, 4.69) is 10.2 Å². The second kappa shape index (κ2) is 12.4. The summed E-state index contributed by atoms with van der Waals surface area (Å²) in [7, 11) is 5.21. The summed E-state index contributed by atoms with van der Waals surface area (Å²) in [5, 5.41) is 0.455. The van der Waals surface area contributed by atoms with E-state index < -0.39 is 27.1 Å². The third-order valence-electron chi connectivity index (χ3n) is 4.02. The molecule has 1 aromatic rings. The monoisotopic (exact) mass is 513 g/mol. The van der Waals surface area contributed by atoms with Gasteiger partial charge in [0.25, 0.3) is 0 Å². The molecule has 0 aliphatic carbocycles. The lowest BCUT2D eigenvalue weighted by Gasteiger charge is -2.31. The molecule has 12 nitrogen and oxygen atoms in total. The van der Waals surface area contributed by atoms with Crippen molar-refractivity contribution in [1.82, 2.24) is 0 Å². The van der Waals surface area contributed by atoms with Gasteiger partial charge in [0.1, 0.15) is 0 Å². The minimum Gasteiger partial charge on any atom is -0.476 e. The van der Waals surface area contributed by atoms with E-state index in [0.29, 0.717) is 5.19 Å². The van der Waals surface area contributed by atoms with Gasteiger partial charge in [-0.25, -0.2) is 0 Å². The Balaban J connectivity index is 3.71. The van der Waals surface area contributed by atoms with Crippen LogP contribution in [0.4, 0.5) is 0 Å². The summed E-state index contributed by atoms with van der Waals surface area (Å²) in [6.45, 7) is 0. The molecule has 0 fully saturated rings. The molecule has 0 bridgehead atoms. The van der Waals surface area contributed by atoms with Gasteiger partial charge in [0.2, 0.25) is 0 Å². The summed E-state index contributed by atoms with van der Waals surface area (Å²) in [4.78, 5) is 0. The first-order valence-electron chi connectivity index (χ1n) is 8.65. The predicted molar refractivity (Wildman–Crippen MR) is 114 cm³/mol. The summed E-state index contributed by atoms with van der Waals surface area (Å²) in [6.07, 6.45) is 0. The van der Waals surface area contributed by atoms with Crippen LogP contribution >= 0.6 is 0 Å². The molecule has 0 unspecified atom stereocenters. The van der Waals surface area contributed by atoms with E-state index in [-0.39, 0.29) is 17.2 Å². The molecule has 0 aliphatic heterocycles. The standard InChI is InChI=1S/C15H29O12Si4/c1-16-29(17-2,18-3)25-12-10-11-13(28)15(27-31(22-7,23-8)24-9)14(12)26-30(19-4,20-5)21-6/h10-11H,1-9H3. The Morgan fingerprint density at radius 3 is 1.16 bits per heavy atom. The van der Waals surface area contributed by atoms with Crippen molar-refractivity contribution in [2.24, 2.45) is 0 Å². The zero-order valence-electron chi connectivity index (χ0n) is 19.1. The fourth-order valence-electron chi connectivity index (χ4n) is 2.33. The van der Waals surface area contributed by atoms with Gasteiger partial charge < -0.3 is 53.1 Å². The summed E-state index contributed by atoms with van der Waals surface area (Å²) >= 11 is 0. The zero-order chi connectivity index (χ0) is 23.7. The number of hydrogen-bond donors (Lipinski definition) is 0. The van der Waals surface area contributed by atoms with Crippen LogP contribution in [0.15, 0.2) is 12.1 Å². The molecule has 0 atom stereocenters. The maximum Gasteiger partial charge on any atom is 0.749 e. The van der Waals surface area contributed by atoms with Crippen LogP contribution < -0.4 is 18.5 Å². The zero-order valence-corrected chi connectivity index (χ0v) is 23.1. The maximum absolute atomic E-state index is 6.05. The van der Waals surface area contributed by atoms with Crippen LogP contribution in [0.5, 0.6) is 17.2 Å². The molecule has 1 aromatic carbocycles. The molecule has 31 heavy (non-hydrogen) atoms. The van der Waals surface area contributed by atoms with E-state index in [1.54, 1.807) is 12.1 Å². The lowest BCUT2D eigenvalue weighted by Crippen LogP contribution is -2.53. The van der Waals surface area contributed by atoms with Gasteiger partial charge in [0, 0.05) is 64.0 Å². The van der Waals surface area contributed by atoms with Crippen LogP contribution in [0.1, 0.15) is 0 Å². The van der Waals surface area contributed by atoms with E-state index in [4.69, 9.17) is 53.1 Å². The molecule has 0 aromatic heterocycles. The fraction of sp³-hybridized carbons (Fsp3) is 0.600. The Morgan fingerprint density at radius 1 is 0.484 bits per heavy atom. The highest BCUT2D eigenvalue weighted by Gasteiger charge is 2.52. The van der Waals surface area contributed by atoms with Gasteiger partial charge in [-0.3, -0.25) is 0 Å². The fourth-order valence-corrected chi connectivity index (χ4v) is 6.26. The first-order chi connectivity index (χ1) is 14.7. The maximum atomic E-state index is 6.05. The lowest BCUT2D eigenvalue weighted by molar-refractivity contribution is 0.0355. The van der Waals surface area contributed by atoms with Crippen molar-refractivity contribution in [2.45, 2.75) is 0 Å². The van der Waals surface area contributed by atoms with E-state index in [1.807, 2.05) is 0 Å². The Morgan fingerprint density at radius 2 is 0.806 bits per heavy atom. The Bertz CT molecular complexity index is 657. The van der Waals surface area contributed by atoms with Crippen LogP contribution in [0.3, 0.4) is 0 Å². The normalized spacial score (nSPS) is 12.7. The highest BCUT2D eigenvalue weighted by atomic mass is 28.4. The van der Waals surface area contributed by atoms with Crippen molar-refractivity contribution < 1.29 is 53.1 Å². The quantitative estimate of drug-likeness (QED) is 0.288. The molecule has 16 heteroatoms. The summed E-state index contributed by atoms with van der Waals surface area (Å²) in [6, 6.07) is 3.23. The third kappa shape index (κ3) is 6.34. The molecular weight excluding hydrogens is 484 g/mol. The van der Waals surface area contributed by atoms with Crippen LogP contribution in [0, 0.1) is 0 Å². The molecule has 177 valence electrons. The molecule has 3 radical (unpaired) electrons. The van der Waals surface area contributed by atoms with Crippen molar-refractivity contribution >= 4 is 42.6 Å². The van der Waals surface area contributed by atoms with E-state index in [9.17, 15) is 0 Å². The van der Waals surface area contributed by atoms with Crippen molar-refractivity contribution in [3.8, 4) is 17.2 Å². The third-order valence-corrected chi connectivity index (χ3v) is 10.3. The largest absolute Gasteiger partial charge is 0.749 e. The Kier molecular flexibility index (Phi) is 11.3. The molecule has 0 heterocycles. The van der Waals surface area contributed by atoms with E-state index in [1.165, 1.54) is 64.0 Å². The molecule has 0 N–H and O–H groups in total. The summed E-state index contributed by atoms with van der Waals surface area (Å²) < 4.78 is 66.4. The second-order valence-corrected chi connectivity index (χ2v) is 13.2. The van der Waals surface area contributed by atoms with Gasteiger partial charge in [0.05, 0.1) is 10.2 Å². The number of rotatable bonds is 15. The number of hydrogen-bond acceptors (Lipinski definition) is 12. The van der Waals surface area contributed by atoms with Crippen molar-refractivity contribution in [3.63, 3.8) is 0 Å². The van der Waals surface area contributed by atoms with Gasteiger partial charge in [0.15, 0.2) is 17.2 Å². The molecule has 0 aliphatic rings. The molecule has 1 rings (SSSR count). The van der Waals surface area contributed by atoms with Crippen LogP contribution in [-0.4, -0.2) is 101 Å². The molecule has 0 saturated carbocycles. The first kappa shape index (κ1) is 28.2. The lowest BCUT2D eigenvalue weighted by atomic mass is 10.3. The average Bonchev–Trinajstić information content (AvgIpc) is 2.82. The van der Waals surface area contributed by atoms with E-state index >= 15 is 0 Å². The number of benzene rings is 1. The molecule has 0 amide bonds. The van der Waals surface area contributed by atoms with Gasteiger partial charge in [-0.1, -0.05) is 6.07 Å². The molecule has 0 saturated heterocycles. The summed E-state index contributed by atoms with van der Waals surface area (Å²) in [5.41, 5.74) is 0. The van der Waals surface area contributed by atoms with Crippen molar-refractivity contribution in [1.29, 1.82) is 0 Å². The van der Waals surface area contributed by atoms with Gasteiger partial charge in [-0.15, -0.1) is 0 Å². The van der Waals surface area contributed by atoms with Crippen LogP contribution in [0.25, 0.3) is 0 Å². The highest BCUT2D eigenvalue weighted by molar-refractivity contribution is 6.56. The molecule has 0 spiro atoms. The van der Waals surface area contributed by atoms with Gasteiger partial charge in [-0.05, 0) is 11.3 Å². The Labute approximate surface area is 189 Å². The second-order valence-electron chi connectivity index (χ2n) is 5.41. The Hall–Kier alpha value is -0.872. The van der Waals surface area contributed by atoms with Gasteiger partial charge >= 0.3 is 27.1 Å². The van der Waals surface area contributed by atoms with E-state index in [0.717, 1.165) is 0 Å². The molecular formula is C15H29O12Si4. The minimum atomic E-state index is -3.65. The topological polar surface area (TPSA) is 111 Å². The van der Waals surface area contributed by atoms with Crippen LogP contribution in [0.2, 0.25) is 0 Å². The average molecular weight is 514 g/mol. The predicted octanol–water partition coefficient (Wildman–Crippen LogP) is -0.259. The summed E-state index contributed by atoms with van der Waals surface area (Å²) in [5.74, 6) is 0.264. The van der Waals surface area contributed by atoms with Crippen molar-refractivity contribution in [2.75, 3.05) is 64.0 Å². The first-order valence-corrected chi connectivity index (χ1v) is 14.0. The SMILES string of the molecule is CO[Si](OC)(OC)Oc1ccc([Si])c(O[Si](OC)(OC)OC)c1O[Si](OC)(OC)OC. The minimum absolute atomic E-state index is 0.0239. The van der Waals surface area contributed by atoms with Crippen LogP contribution in [-0.2, 0) is 39.8 Å². The highest BCUT2D eigenvalue weighted by Crippen LogP contribution is 2.40.